The van der Waals surface area contributed by atoms with Crippen LogP contribution in [0, 0.1) is 11.3 Å². The molecule has 0 rings (SSSR count). The van der Waals surface area contributed by atoms with Crippen LogP contribution in [0.5, 0.6) is 0 Å². The number of carbonyl (C=O) groups is 1. The van der Waals surface area contributed by atoms with Crippen molar-refractivity contribution in [1.29, 1.82) is 0 Å². The summed E-state index contributed by atoms with van der Waals surface area (Å²) in [5.74, 6) is -0.687. The van der Waals surface area contributed by atoms with Gasteiger partial charge in [-0.1, -0.05) is 13.8 Å². The highest BCUT2D eigenvalue weighted by atomic mass is 32.1. The Kier molecular flexibility index (Phi) is 11.2. The monoisotopic (exact) mass is 254 g/mol. The van der Waals surface area contributed by atoms with Crippen molar-refractivity contribution in [3.8, 4) is 0 Å². The molecule has 0 saturated heterocycles. The van der Waals surface area contributed by atoms with E-state index in [1.807, 2.05) is 6.92 Å². The van der Waals surface area contributed by atoms with E-state index in [1.54, 1.807) is 6.92 Å². The van der Waals surface area contributed by atoms with Gasteiger partial charge in [0.05, 0.1) is 25.7 Å². The van der Waals surface area contributed by atoms with Gasteiger partial charge < -0.3 is 20.4 Å². The summed E-state index contributed by atoms with van der Waals surface area (Å²) in [5, 5.41) is 34.1. The molecule has 0 radical (unpaired) electrons. The molecule has 98 valence electrons. The van der Waals surface area contributed by atoms with Crippen molar-refractivity contribution in [3.05, 3.63) is 0 Å². The summed E-state index contributed by atoms with van der Waals surface area (Å²) in [5.41, 5.74) is -0.667. The van der Waals surface area contributed by atoms with E-state index >= 15 is 0 Å². The molecule has 0 fully saturated rings. The summed E-state index contributed by atoms with van der Waals surface area (Å²) in [6.07, 6.45) is 0.594. The van der Waals surface area contributed by atoms with Gasteiger partial charge in [0.15, 0.2) is 0 Å². The Morgan fingerprint density at radius 1 is 1.25 bits per heavy atom. The van der Waals surface area contributed by atoms with Gasteiger partial charge in [-0.05, 0) is 6.42 Å². The maximum Gasteiger partial charge on any atom is 0.307 e. The summed E-state index contributed by atoms with van der Waals surface area (Å²) in [4.78, 5) is 9.88. The number of rotatable bonds is 6. The quantitative estimate of drug-likeness (QED) is 0.430. The van der Waals surface area contributed by atoms with Crippen LogP contribution in [-0.4, -0.2) is 52.0 Å². The van der Waals surface area contributed by atoms with E-state index in [0.29, 0.717) is 12.2 Å². The Balaban J connectivity index is 0. The van der Waals surface area contributed by atoms with Crippen molar-refractivity contribution in [2.24, 2.45) is 11.3 Å². The van der Waals surface area contributed by atoms with E-state index < -0.39 is 11.4 Å². The number of aliphatic carboxylic acids is 1. The average molecular weight is 254 g/mol. The van der Waals surface area contributed by atoms with Crippen LogP contribution in [0.3, 0.4) is 0 Å². The van der Waals surface area contributed by atoms with Crippen molar-refractivity contribution in [3.63, 3.8) is 0 Å². The highest BCUT2D eigenvalue weighted by Gasteiger charge is 2.24. The molecule has 16 heavy (non-hydrogen) atoms. The molecule has 1 atom stereocenters. The van der Waals surface area contributed by atoms with Crippen LogP contribution in [0.2, 0.25) is 0 Å². The highest BCUT2D eigenvalue weighted by molar-refractivity contribution is 7.80. The molecule has 0 aliphatic heterocycles. The number of aliphatic hydroxyl groups excluding tert-OH is 3. The Morgan fingerprint density at radius 3 is 1.62 bits per heavy atom. The molecule has 0 bridgehead atoms. The standard InChI is InChI=1S/C6H14O3.C4H8O2S/c1-2-6(3-7,4-8)5-9;1-3(2-7)4(5)6/h7-9H,2-5H2,1H3;3,7H,2H2,1H3,(H,5,6). The molecule has 0 aliphatic carbocycles. The first-order valence-corrected chi connectivity index (χ1v) is 5.72. The number of aliphatic hydroxyl groups is 3. The number of hydrogen-bond acceptors (Lipinski definition) is 5. The van der Waals surface area contributed by atoms with Gasteiger partial charge >= 0.3 is 5.97 Å². The lowest BCUT2D eigenvalue weighted by Gasteiger charge is -2.24. The number of thiol groups is 1. The molecular formula is C10H22O5S. The molecule has 1 unspecified atom stereocenters. The first-order valence-electron chi connectivity index (χ1n) is 5.09. The number of hydrogen-bond donors (Lipinski definition) is 5. The van der Waals surface area contributed by atoms with Crippen LogP contribution >= 0.6 is 12.6 Å². The number of carboxylic acid groups (broad SMARTS) is 1. The molecule has 0 aromatic carbocycles. The Labute approximate surface area is 102 Å². The number of carboxylic acids is 1. The minimum absolute atomic E-state index is 0.156. The lowest BCUT2D eigenvalue weighted by atomic mass is 9.88. The normalized spacial score (nSPS) is 12.6. The van der Waals surface area contributed by atoms with E-state index in [-0.39, 0.29) is 25.7 Å². The van der Waals surface area contributed by atoms with Gasteiger partial charge in [0.2, 0.25) is 0 Å². The summed E-state index contributed by atoms with van der Waals surface area (Å²) in [7, 11) is 0. The van der Waals surface area contributed by atoms with Gasteiger partial charge in [-0.25, -0.2) is 0 Å². The van der Waals surface area contributed by atoms with Crippen molar-refractivity contribution in [2.45, 2.75) is 20.3 Å². The molecule has 0 aromatic rings. The predicted molar refractivity (Wildman–Crippen MR) is 64.6 cm³/mol. The molecule has 0 aromatic heterocycles. The minimum Gasteiger partial charge on any atom is -0.481 e. The van der Waals surface area contributed by atoms with E-state index in [1.165, 1.54) is 0 Å². The fourth-order valence-electron chi connectivity index (χ4n) is 0.564. The zero-order chi connectivity index (χ0) is 13.2. The van der Waals surface area contributed by atoms with Crippen LogP contribution in [0.25, 0.3) is 0 Å². The molecule has 0 amide bonds. The molecule has 5 nitrogen and oxygen atoms in total. The molecule has 0 heterocycles. The zero-order valence-electron chi connectivity index (χ0n) is 9.76. The second-order valence-electron chi connectivity index (χ2n) is 3.75. The van der Waals surface area contributed by atoms with Gasteiger partial charge in [-0.15, -0.1) is 0 Å². The third-order valence-electron chi connectivity index (χ3n) is 2.45. The van der Waals surface area contributed by atoms with Crippen molar-refractivity contribution >= 4 is 18.6 Å². The first-order chi connectivity index (χ1) is 7.42. The smallest absolute Gasteiger partial charge is 0.307 e. The van der Waals surface area contributed by atoms with Gasteiger partial charge in [-0.3, -0.25) is 4.79 Å². The summed E-state index contributed by atoms with van der Waals surface area (Å²) < 4.78 is 0. The van der Waals surface area contributed by atoms with Crippen LogP contribution in [0.1, 0.15) is 20.3 Å². The third-order valence-corrected chi connectivity index (χ3v) is 3.00. The van der Waals surface area contributed by atoms with Crippen LogP contribution in [0.15, 0.2) is 0 Å². The molecular weight excluding hydrogens is 232 g/mol. The summed E-state index contributed by atoms with van der Waals surface area (Å²) >= 11 is 3.77. The second-order valence-corrected chi connectivity index (χ2v) is 4.11. The lowest BCUT2D eigenvalue weighted by Crippen LogP contribution is -2.32. The minimum atomic E-state index is -0.782. The van der Waals surface area contributed by atoms with Gasteiger partial charge in [0.25, 0.3) is 0 Å². The average Bonchev–Trinajstić information content (AvgIpc) is 2.32. The maximum atomic E-state index is 9.88. The van der Waals surface area contributed by atoms with E-state index in [0.717, 1.165) is 0 Å². The van der Waals surface area contributed by atoms with Crippen molar-refractivity contribution < 1.29 is 25.2 Å². The van der Waals surface area contributed by atoms with E-state index in [9.17, 15) is 4.79 Å². The fraction of sp³-hybridized carbons (Fsp3) is 0.900. The topological polar surface area (TPSA) is 98.0 Å². The van der Waals surface area contributed by atoms with Gasteiger partial charge in [-0.2, -0.15) is 12.6 Å². The second kappa shape index (κ2) is 9.89. The van der Waals surface area contributed by atoms with Crippen molar-refractivity contribution in [2.75, 3.05) is 25.6 Å². The van der Waals surface area contributed by atoms with E-state index in [4.69, 9.17) is 20.4 Å². The fourth-order valence-corrected chi connectivity index (χ4v) is 0.720. The third kappa shape index (κ3) is 7.05. The van der Waals surface area contributed by atoms with Crippen LogP contribution in [0.4, 0.5) is 0 Å². The highest BCUT2D eigenvalue weighted by Crippen LogP contribution is 2.18. The van der Waals surface area contributed by atoms with E-state index in [2.05, 4.69) is 12.6 Å². The molecule has 0 aliphatic rings. The van der Waals surface area contributed by atoms with Crippen molar-refractivity contribution in [1.82, 2.24) is 0 Å². The molecule has 6 heteroatoms. The SMILES string of the molecule is CC(CS)C(=O)O.CCC(CO)(CO)CO. The summed E-state index contributed by atoms with van der Waals surface area (Å²) in [6.45, 7) is 2.97. The molecule has 0 spiro atoms. The largest absolute Gasteiger partial charge is 0.481 e. The van der Waals surface area contributed by atoms with Gasteiger partial charge in [0, 0.05) is 11.2 Å². The Hall–Kier alpha value is -0.300. The van der Waals surface area contributed by atoms with Crippen LogP contribution in [-0.2, 0) is 4.79 Å². The van der Waals surface area contributed by atoms with Gasteiger partial charge in [0.1, 0.15) is 0 Å². The maximum absolute atomic E-state index is 9.88. The van der Waals surface area contributed by atoms with Crippen LogP contribution < -0.4 is 0 Å². The molecule has 4 N–H and O–H groups in total. The zero-order valence-corrected chi connectivity index (χ0v) is 10.7. The predicted octanol–water partition coefficient (Wildman–Crippen LogP) is -0.00340. The Morgan fingerprint density at radius 2 is 1.62 bits per heavy atom. The lowest BCUT2D eigenvalue weighted by molar-refractivity contribution is -0.140. The summed E-state index contributed by atoms with van der Waals surface area (Å²) in [6, 6.07) is 0. The first kappa shape index (κ1) is 18.1. The Bertz CT molecular complexity index is 165. The molecule has 0 saturated carbocycles.